The largest absolute Gasteiger partial charge is 0.359 e. The van der Waals surface area contributed by atoms with Gasteiger partial charge in [-0.15, -0.1) is 35.3 Å². The molecule has 0 fully saturated rings. The van der Waals surface area contributed by atoms with Gasteiger partial charge in [-0.05, 0) is 24.3 Å². The molecule has 0 unspecified atom stereocenters. The molecule has 7 heteroatoms. The van der Waals surface area contributed by atoms with E-state index in [1.54, 1.807) is 11.3 Å². The molecular weight excluding hydrogens is 447 g/mol. The van der Waals surface area contributed by atoms with Crippen molar-refractivity contribution in [2.45, 2.75) is 52.5 Å². The second kappa shape index (κ2) is 10.2. The maximum Gasteiger partial charge on any atom is 0.191 e. The van der Waals surface area contributed by atoms with Crippen LogP contribution in [0.5, 0.6) is 0 Å². The normalized spacial score (nSPS) is 12.2. The first-order chi connectivity index (χ1) is 11.4. The van der Waals surface area contributed by atoms with Crippen molar-refractivity contribution in [3.63, 3.8) is 0 Å². The van der Waals surface area contributed by atoms with Gasteiger partial charge in [0, 0.05) is 29.4 Å². The number of hydrogen-bond acceptors (Lipinski definition) is 4. The Kier molecular flexibility index (Phi) is 8.92. The summed E-state index contributed by atoms with van der Waals surface area (Å²) in [5.74, 6) is 1.95. The Bertz CT molecular complexity index is 650. The van der Waals surface area contributed by atoms with Crippen molar-refractivity contribution >= 4 is 41.3 Å². The summed E-state index contributed by atoms with van der Waals surface area (Å²) >= 11 is 1.79. The fraction of sp³-hybridized carbons (Fsp3) is 0.556. The lowest BCUT2D eigenvalue weighted by atomic mass is 9.91. The van der Waals surface area contributed by atoms with Crippen LogP contribution >= 0.6 is 35.3 Å². The highest BCUT2D eigenvalue weighted by Crippen LogP contribution is 2.26. The van der Waals surface area contributed by atoms with Gasteiger partial charge >= 0.3 is 0 Å². The summed E-state index contributed by atoms with van der Waals surface area (Å²) in [4.78, 5) is 5.97. The maximum atomic E-state index is 5.35. The predicted octanol–water partition coefficient (Wildman–Crippen LogP) is 4.51. The van der Waals surface area contributed by atoms with E-state index in [1.165, 1.54) is 4.88 Å². The minimum atomic E-state index is 0. The number of nitrogens with one attached hydrogen (secondary N) is 2. The maximum absolute atomic E-state index is 5.35. The van der Waals surface area contributed by atoms with Crippen molar-refractivity contribution in [1.29, 1.82) is 0 Å². The van der Waals surface area contributed by atoms with Crippen molar-refractivity contribution in [2.24, 2.45) is 4.99 Å². The molecule has 0 aromatic carbocycles. The average molecular weight is 476 g/mol. The van der Waals surface area contributed by atoms with Gasteiger partial charge in [0.1, 0.15) is 6.54 Å². The summed E-state index contributed by atoms with van der Waals surface area (Å²) in [6.45, 7) is 12.8. The standard InChI is InChI=1S/C18H28N4OS.HI/c1-6-19-17(20-11-14-10-15(13(2)3)22-23-14)21-12-18(4,5)16-8-7-9-24-16;/h7-10,13H,6,11-12H2,1-5H3,(H2,19,20,21);1H. The van der Waals surface area contributed by atoms with E-state index in [0.717, 1.165) is 30.5 Å². The molecule has 0 radical (unpaired) electrons. The smallest absolute Gasteiger partial charge is 0.191 e. The van der Waals surface area contributed by atoms with Crippen LogP contribution in [0.25, 0.3) is 0 Å². The molecule has 0 saturated heterocycles. The van der Waals surface area contributed by atoms with Crippen molar-refractivity contribution in [3.05, 3.63) is 39.9 Å². The zero-order valence-electron chi connectivity index (χ0n) is 15.6. The molecule has 0 aliphatic rings. The van der Waals surface area contributed by atoms with Gasteiger partial charge in [-0.25, -0.2) is 4.99 Å². The number of halogens is 1. The lowest BCUT2D eigenvalue weighted by molar-refractivity contribution is 0.376. The molecule has 0 spiro atoms. The molecule has 5 nitrogen and oxygen atoms in total. The second-order valence-corrected chi connectivity index (χ2v) is 7.73. The number of aromatic nitrogens is 1. The number of guanidine groups is 1. The van der Waals surface area contributed by atoms with E-state index < -0.39 is 0 Å². The quantitative estimate of drug-likeness (QED) is 0.351. The van der Waals surface area contributed by atoms with Crippen molar-refractivity contribution < 1.29 is 4.52 Å². The Morgan fingerprint density at radius 1 is 1.36 bits per heavy atom. The minimum Gasteiger partial charge on any atom is -0.359 e. The first kappa shape index (κ1) is 22.0. The summed E-state index contributed by atoms with van der Waals surface area (Å²) in [6, 6.07) is 6.25. The van der Waals surface area contributed by atoms with Gasteiger partial charge in [0.05, 0.1) is 5.69 Å². The summed E-state index contributed by atoms with van der Waals surface area (Å²) in [7, 11) is 0. The predicted molar refractivity (Wildman–Crippen MR) is 116 cm³/mol. The van der Waals surface area contributed by atoms with Gasteiger partial charge in [-0.3, -0.25) is 0 Å². The lowest BCUT2D eigenvalue weighted by Gasteiger charge is -2.25. The van der Waals surface area contributed by atoms with Gasteiger partial charge in [0.15, 0.2) is 11.7 Å². The second-order valence-electron chi connectivity index (χ2n) is 6.78. The molecule has 0 bridgehead atoms. The van der Waals surface area contributed by atoms with Gasteiger partial charge in [-0.1, -0.05) is 38.9 Å². The molecule has 0 amide bonds. The van der Waals surface area contributed by atoms with Gasteiger partial charge < -0.3 is 15.2 Å². The van der Waals surface area contributed by atoms with Crippen LogP contribution in [-0.4, -0.2) is 24.2 Å². The zero-order chi connectivity index (χ0) is 17.6. The Morgan fingerprint density at radius 3 is 2.68 bits per heavy atom. The number of rotatable bonds is 7. The first-order valence-electron chi connectivity index (χ1n) is 8.44. The average Bonchev–Trinajstić information content (AvgIpc) is 3.21. The third kappa shape index (κ3) is 6.62. The molecule has 0 aliphatic heterocycles. The molecule has 0 saturated carbocycles. The highest BCUT2D eigenvalue weighted by atomic mass is 127. The van der Waals surface area contributed by atoms with Crippen LogP contribution in [0.3, 0.4) is 0 Å². The minimum absolute atomic E-state index is 0. The molecule has 2 aromatic rings. The molecule has 0 atom stereocenters. The summed E-state index contributed by atoms with van der Waals surface area (Å²) < 4.78 is 5.35. The van der Waals surface area contributed by atoms with Gasteiger partial charge in [0.25, 0.3) is 0 Å². The molecule has 2 aromatic heterocycles. The van der Waals surface area contributed by atoms with E-state index in [9.17, 15) is 0 Å². The zero-order valence-corrected chi connectivity index (χ0v) is 18.8. The van der Waals surface area contributed by atoms with E-state index in [4.69, 9.17) is 4.52 Å². The Morgan fingerprint density at radius 2 is 2.12 bits per heavy atom. The van der Waals surface area contributed by atoms with Crippen LogP contribution in [0.2, 0.25) is 0 Å². The monoisotopic (exact) mass is 476 g/mol. The van der Waals surface area contributed by atoms with Crippen LogP contribution in [0, 0.1) is 0 Å². The van der Waals surface area contributed by atoms with E-state index in [0.29, 0.717) is 12.5 Å². The molecule has 2 heterocycles. The number of aliphatic imine (C=N–C) groups is 1. The first-order valence-corrected chi connectivity index (χ1v) is 9.32. The van der Waals surface area contributed by atoms with E-state index in [1.807, 2.05) is 6.07 Å². The third-order valence-electron chi connectivity index (χ3n) is 3.79. The van der Waals surface area contributed by atoms with Crippen LogP contribution in [0.4, 0.5) is 0 Å². The lowest BCUT2D eigenvalue weighted by Crippen LogP contribution is -2.43. The van der Waals surface area contributed by atoms with Gasteiger partial charge in [0.2, 0.25) is 0 Å². The highest BCUT2D eigenvalue weighted by molar-refractivity contribution is 14.0. The Hall–Kier alpha value is -1.09. The van der Waals surface area contributed by atoms with Crippen LogP contribution < -0.4 is 10.6 Å². The Balaban J connectivity index is 0.00000312. The molecular formula is C18H29IN4OS. The molecule has 2 N–H and O–H groups in total. The molecule has 0 aliphatic carbocycles. The Labute approximate surface area is 171 Å². The van der Waals surface area contributed by atoms with E-state index in [2.05, 4.69) is 72.9 Å². The van der Waals surface area contributed by atoms with Crippen molar-refractivity contribution in [3.8, 4) is 0 Å². The fourth-order valence-electron chi connectivity index (χ4n) is 2.23. The summed E-state index contributed by atoms with van der Waals surface area (Å²) in [5, 5.41) is 12.9. The number of thiophene rings is 1. The summed E-state index contributed by atoms with van der Waals surface area (Å²) in [5.41, 5.74) is 1.03. The number of nitrogens with zero attached hydrogens (tertiary/aromatic N) is 2. The molecule has 140 valence electrons. The van der Waals surface area contributed by atoms with E-state index >= 15 is 0 Å². The van der Waals surface area contributed by atoms with Gasteiger partial charge in [-0.2, -0.15) is 0 Å². The fourth-order valence-corrected chi connectivity index (χ4v) is 3.08. The summed E-state index contributed by atoms with van der Waals surface area (Å²) in [6.07, 6.45) is 0. The topological polar surface area (TPSA) is 62.5 Å². The highest BCUT2D eigenvalue weighted by Gasteiger charge is 2.22. The van der Waals surface area contributed by atoms with Crippen LogP contribution in [0.1, 0.15) is 56.9 Å². The van der Waals surface area contributed by atoms with Crippen LogP contribution in [-0.2, 0) is 12.0 Å². The van der Waals surface area contributed by atoms with Crippen molar-refractivity contribution in [1.82, 2.24) is 15.8 Å². The van der Waals surface area contributed by atoms with Crippen molar-refractivity contribution in [2.75, 3.05) is 13.1 Å². The SMILES string of the molecule is CCNC(=NCc1cc(C(C)C)no1)NCC(C)(C)c1cccs1.I. The van der Waals surface area contributed by atoms with E-state index in [-0.39, 0.29) is 29.4 Å². The molecule has 2 rings (SSSR count). The number of hydrogen-bond donors (Lipinski definition) is 2. The van der Waals surface area contributed by atoms with Crippen LogP contribution in [0.15, 0.2) is 33.1 Å². The molecule has 25 heavy (non-hydrogen) atoms. The third-order valence-corrected chi connectivity index (χ3v) is 5.03.